The molecule has 2 rings (SSSR count). The number of rotatable bonds is 0. The van der Waals surface area contributed by atoms with Gasteiger partial charge in [0, 0.05) is 19.3 Å². The molecule has 0 aromatic heterocycles. The molecule has 1 nitrogen and oxygen atoms in total. The number of benzene rings is 1. The molecule has 1 heteroatoms. The molecule has 0 saturated heterocycles. The van der Waals surface area contributed by atoms with Crippen molar-refractivity contribution < 1.29 is 0 Å². The first-order valence-electron chi connectivity index (χ1n) is 4.58. The smallest absolute Gasteiger partial charge is 0.0425 e. The molecule has 0 radical (unpaired) electrons. The monoisotopic (exact) mass is 161 g/mol. The highest BCUT2D eigenvalue weighted by Crippen LogP contribution is 2.28. The molecule has 0 unspecified atom stereocenters. The zero-order valence-electron chi connectivity index (χ0n) is 7.80. The van der Waals surface area contributed by atoms with Gasteiger partial charge in [0.25, 0.3) is 0 Å². The van der Waals surface area contributed by atoms with Gasteiger partial charge in [0.05, 0.1) is 0 Å². The standard InChI is InChI=1S/C11H15N/c1-9-5-3-6-10-7-4-8-12(2)11(9)10/h3,5-6H,4,7-8H2,1-2H3. The van der Waals surface area contributed by atoms with Gasteiger partial charge in [0.1, 0.15) is 0 Å². The van der Waals surface area contributed by atoms with Gasteiger partial charge in [-0.25, -0.2) is 0 Å². The fraction of sp³-hybridized carbons (Fsp3) is 0.455. The molecule has 12 heavy (non-hydrogen) atoms. The van der Waals surface area contributed by atoms with Gasteiger partial charge < -0.3 is 4.90 Å². The Bertz CT molecular complexity index is 291. The van der Waals surface area contributed by atoms with E-state index < -0.39 is 0 Å². The van der Waals surface area contributed by atoms with Gasteiger partial charge in [-0.1, -0.05) is 18.2 Å². The van der Waals surface area contributed by atoms with E-state index in [4.69, 9.17) is 0 Å². The SMILES string of the molecule is Cc1cccc2c1N(C)CCC2. The highest BCUT2D eigenvalue weighted by Gasteiger charge is 2.14. The maximum absolute atomic E-state index is 2.37. The summed E-state index contributed by atoms with van der Waals surface area (Å²) < 4.78 is 0. The fourth-order valence-corrected chi connectivity index (χ4v) is 2.09. The summed E-state index contributed by atoms with van der Waals surface area (Å²) in [7, 11) is 2.19. The van der Waals surface area contributed by atoms with Gasteiger partial charge in [-0.3, -0.25) is 0 Å². The third kappa shape index (κ3) is 1.09. The second kappa shape index (κ2) is 2.81. The van der Waals surface area contributed by atoms with E-state index in [1.807, 2.05) is 0 Å². The van der Waals surface area contributed by atoms with E-state index in [1.54, 1.807) is 0 Å². The lowest BCUT2D eigenvalue weighted by Gasteiger charge is -2.29. The Balaban J connectivity index is 2.53. The second-order valence-corrected chi connectivity index (χ2v) is 3.61. The van der Waals surface area contributed by atoms with E-state index in [2.05, 4.69) is 37.1 Å². The molecular formula is C11H15N. The molecular weight excluding hydrogens is 146 g/mol. The van der Waals surface area contributed by atoms with Crippen LogP contribution in [0.15, 0.2) is 18.2 Å². The summed E-state index contributed by atoms with van der Waals surface area (Å²) in [6, 6.07) is 6.60. The molecule has 1 aromatic carbocycles. The number of anilines is 1. The van der Waals surface area contributed by atoms with Crippen LogP contribution in [0.25, 0.3) is 0 Å². The maximum atomic E-state index is 2.37. The quantitative estimate of drug-likeness (QED) is 0.564. The van der Waals surface area contributed by atoms with Crippen molar-refractivity contribution in [2.45, 2.75) is 19.8 Å². The summed E-state index contributed by atoms with van der Waals surface area (Å²) in [5.74, 6) is 0. The minimum atomic E-state index is 1.21. The molecule has 1 aliphatic heterocycles. The van der Waals surface area contributed by atoms with Gasteiger partial charge >= 0.3 is 0 Å². The topological polar surface area (TPSA) is 3.24 Å². The van der Waals surface area contributed by atoms with Crippen molar-refractivity contribution in [1.29, 1.82) is 0 Å². The normalized spacial score (nSPS) is 16.0. The minimum absolute atomic E-state index is 1.21. The van der Waals surface area contributed by atoms with E-state index in [0.29, 0.717) is 0 Å². The Morgan fingerprint density at radius 3 is 2.92 bits per heavy atom. The molecule has 0 atom stereocenters. The summed E-state index contributed by atoms with van der Waals surface area (Å²) >= 11 is 0. The van der Waals surface area contributed by atoms with Crippen LogP contribution in [-0.4, -0.2) is 13.6 Å². The van der Waals surface area contributed by atoms with Crippen LogP contribution in [0.3, 0.4) is 0 Å². The molecule has 0 amide bonds. The van der Waals surface area contributed by atoms with E-state index in [9.17, 15) is 0 Å². The Morgan fingerprint density at radius 1 is 1.33 bits per heavy atom. The van der Waals surface area contributed by atoms with Crippen molar-refractivity contribution in [2.75, 3.05) is 18.5 Å². The number of aryl methyl sites for hydroxylation is 2. The van der Waals surface area contributed by atoms with Crippen LogP contribution in [0.5, 0.6) is 0 Å². The minimum Gasteiger partial charge on any atom is -0.374 e. The molecule has 1 aromatic rings. The maximum Gasteiger partial charge on any atom is 0.0425 e. The number of hydrogen-bond donors (Lipinski definition) is 0. The molecule has 64 valence electrons. The summed E-state index contributed by atoms with van der Waals surface area (Å²) in [5, 5.41) is 0. The van der Waals surface area contributed by atoms with Gasteiger partial charge in [-0.05, 0) is 30.9 Å². The lowest BCUT2D eigenvalue weighted by atomic mass is 9.99. The predicted octanol–water partition coefficient (Wildman–Crippen LogP) is 2.38. The van der Waals surface area contributed by atoms with Crippen molar-refractivity contribution in [3.05, 3.63) is 29.3 Å². The molecule has 0 N–H and O–H groups in total. The van der Waals surface area contributed by atoms with Crippen LogP contribution in [0.4, 0.5) is 5.69 Å². The zero-order valence-corrected chi connectivity index (χ0v) is 7.80. The van der Waals surface area contributed by atoms with Crippen LogP contribution < -0.4 is 4.90 Å². The Labute approximate surface area is 74.0 Å². The van der Waals surface area contributed by atoms with Crippen molar-refractivity contribution in [1.82, 2.24) is 0 Å². The lowest BCUT2D eigenvalue weighted by Crippen LogP contribution is -2.25. The van der Waals surface area contributed by atoms with E-state index in [-0.39, 0.29) is 0 Å². The summed E-state index contributed by atoms with van der Waals surface area (Å²) in [4.78, 5) is 2.37. The molecule has 0 spiro atoms. The number of nitrogens with zero attached hydrogens (tertiary/aromatic N) is 1. The van der Waals surface area contributed by atoms with Crippen molar-refractivity contribution >= 4 is 5.69 Å². The number of para-hydroxylation sites is 1. The predicted molar refractivity (Wildman–Crippen MR) is 52.8 cm³/mol. The molecule has 0 saturated carbocycles. The third-order valence-corrected chi connectivity index (χ3v) is 2.64. The van der Waals surface area contributed by atoms with Crippen molar-refractivity contribution in [3.63, 3.8) is 0 Å². The van der Waals surface area contributed by atoms with Gasteiger partial charge in [-0.15, -0.1) is 0 Å². The summed E-state index contributed by atoms with van der Waals surface area (Å²) in [6.45, 7) is 3.40. The molecule has 0 aliphatic carbocycles. The van der Waals surface area contributed by atoms with Crippen molar-refractivity contribution in [3.8, 4) is 0 Å². The first-order chi connectivity index (χ1) is 5.79. The Hall–Kier alpha value is -0.980. The average Bonchev–Trinajstić information content (AvgIpc) is 2.04. The lowest BCUT2D eigenvalue weighted by molar-refractivity contribution is 0.741. The van der Waals surface area contributed by atoms with Gasteiger partial charge in [-0.2, -0.15) is 0 Å². The first-order valence-corrected chi connectivity index (χ1v) is 4.58. The molecule has 1 heterocycles. The Morgan fingerprint density at radius 2 is 2.17 bits per heavy atom. The van der Waals surface area contributed by atoms with Crippen LogP contribution >= 0.6 is 0 Å². The number of fused-ring (bicyclic) bond motifs is 1. The highest BCUT2D eigenvalue weighted by atomic mass is 15.1. The van der Waals surface area contributed by atoms with Crippen LogP contribution in [0, 0.1) is 6.92 Å². The largest absolute Gasteiger partial charge is 0.374 e. The first kappa shape index (κ1) is 7.66. The average molecular weight is 161 g/mol. The summed E-state index contributed by atoms with van der Waals surface area (Å²) in [5.41, 5.74) is 4.39. The van der Waals surface area contributed by atoms with Crippen LogP contribution in [0.1, 0.15) is 17.5 Å². The highest BCUT2D eigenvalue weighted by molar-refractivity contribution is 5.60. The van der Waals surface area contributed by atoms with E-state index in [1.165, 1.54) is 36.2 Å². The van der Waals surface area contributed by atoms with E-state index in [0.717, 1.165) is 0 Å². The fourth-order valence-electron chi connectivity index (χ4n) is 2.09. The van der Waals surface area contributed by atoms with E-state index >= 15 is 0 Å². The molecule has 0 fully saturated rings. The van der Waals surface area contributed by atoms with Gasteiger partial charge in [0.15, 0.2) is 0 Å². The second-order valence-electron chi connectivity index (χ2n) is 3.61. The summed E-state index contributed by atoms with van der Waals surface area (Å²) in [6.07, 6.45) is 2.55. The Kier molecular flexibility index (Phi) is 1.80. The number of hydrogen-bond acceptors (Lipinski definition) is 1. The van der Waals surface area contributed by atoms with Crippen LogP contribution in [0.2, 0.25) is 0 Å². The van der Waals surface area contributed by atoms with Crippen LogP contribution in [-0.2, 0) is 6.42 Å². The van der Waals surface area contributed by atoms with Gasteiger partial charge in [0.2, 0.25) is 0 Å². The zero-order chi connectivity index (χ0) is 8.55. The van der Waals surface area contributed by atoms with Crippen molar-refractivity contribution in [2.24, 2.45) is 0 Å². The molecule has 1 aliphatic rings. The molecule has 0 bridgehead atoms. The third-order valence-electron chi connectivity index (χ3n) is 2.64.